The number of carbonyl (C=O) groups excluding carboxylic acids is 2. The number of pyridine rings is 1. The van der Waals surface area contributed by atoms with E-state index in [1.165, 1.54) is 0 Å². The number of anilines is 1. The number of nitrogens with one attached hydrogen (secondary N) is 1. The van der Waals surface area contributed by atoms with E-state index in [0.717, 1.165) is 11.3 Å². The molecule has 1 saturated heterocycles. The molecule has 1 N–H and O–H groups in total. The third-order valence-corrected chi connectivity index (χ3v) is 6.21. The van der Waals surface area contributed by atoms with Crippen molar-refractivity contribution in [2.24, 2.45) is 0 Å². The van der Waals surface area contributed by atoms with Crippen LogP contribution in [0.5, 0.6) is 11.5 Å². The zero-order valence-corrected chi connectivity index (χ0v) is 19.9. The van der Waals surface area contributed by atoms with E-state index in [4.69, 9.17) is 9.47 Å². The number of carbonyl (C=O) groups is 2. The van der Waals surface area contributed by atoms with Crippen LogP contribution in [0.15, 0.2) is 42.6 Å². The van der Waals surface area contributed by atoms with Crippen LogP contribution in [-0.4, -0.2) is 64.5 Å². The highest BCUT2D eigenvalue weighted by atomic mass is 16.7. The molecule has 2 aliphatic heterocycles. The Balaban J connectivity index is 1.23. The standard InChI is InChI=1S/C25H28N6O4/c1-3-31-20(13-17(2)28-31)25(33)30-11-9-29(10-12-30)23-19(5-4-8-26-23)24(32)27-15-18-6-7-21-22(14-18)35-16-34-21/h4-8,13-14H,3,9-12,15-16H2,1-2H3,(H,27,32). The first-order chi connectivity index (χ1) is 17.0. The van der Waals surface area contributed by atoms with Gasteiger partial charge in [0.05, 0.1) is 11.3 Å². The molecule has 3 aromatic rings. The fourth-order valence-corrected chi connectivity index (χ4v) is 4.40. The Hall–Kier alpha value is -4.08. The highest BCUT2D eigenvalue weighted by Gasteiger charge is 2.27. The van der Waals surface area contributed by atoms with Crippen molar-refractivity contribution >= 4 is 17.6 Å². The lowest BCUT2D eigenvalue weighted by atomic mass is 10.1. The molecule has 1 fully saturated rings. The quantitative estimate of drug-likeness (QED) is 0.582. The van der Waals surface area contributed by atoms with Crippen LogP contribution >= 0.6 is 0 Å². The Kier molecular flexibility index (Phi) is 6.26. The molecule has 0 atom stereocenters. The number of hydrogen-bond donors (Lipinski definition) is 1. The molecule has 5 rings (SSSR count). The third-order valence-electron chi connectivity index (χ3n) is 6.21. The highest BCUT2D eigenvalue weighted by molar-refractivity contribution is 5.99. The Morgan fingerprint density at radius 1 is 1.06 bits per heavy atom. The largest absolute Gasteiger partial charge is 0.454 e. The maximum Gasteiger partial charge on any atom is 0.272 e. The maximum atomic E-state index is 13.1. The van der Waals surface area contributed by atoms with Gasteiger partial charge in [0.1, 0.15) is 11.5 Å². The number of rotatable bonds is 6. The molecular weight excluding hydrogens is 448 g/mol. The number of fused-ring (bicyclic) bond motifs is 1. The average Bonchev–Trinajstić information content (AvgIpc) is 3.52. The summed E-state index contributed by atoms with van der Waals surface area (Å²) in [6, 6.07) is 11.0. The van der Waals surface area contributed by atoms with Crippen LogP contribution in [0.2, 0.25) is 0 Å². The normalized spacial score (nSPS) is 14.8. The Morgan fingerprint density at radius 3 is 2.66 bits per heavy atom. The summed E-state index contributed by atoms with van der Waals surface area (Å²) >= 11 is 0. The van der Waals surface area contributed by atoms with E-state index < -0.39 is 0 Å². The molecule has 0 bridgehead atoms. The summed E-state index contributed by atoms with van der Waals surface area (Å²) in [5, 5.41) is 7.36. The molecule has 2 aliphatic rings. The van der Waals surface area contributed by atoms with Gasteiger partial charge in [0.2, 0.25) is 6.79 Å². The minimum Gasteiger partial charge on any atom is -0.454 e. The predicted molar refractivity (Wildman–Crippen MR) is 129 cm³/mol. The number of piperazine rings is 1. The first-order valence-corrected chi connectivity index (χ1v) is 11.7. The van der Waals surface area contributed by atoms with Crippen LogP contribution in [-0.2, 0) is 13.1 Å². The summed E-state index contributed by atoms with van der Waals surface area (Å²) in [6.45, 7) is 7.34. The van der Waals surface area contributed by atoms with E-state index in [9.17, 15) is 9.59 Å². The van der Waals surface area contributed by atoms with Gasteiger partial charge in [-0.25, -0.2) is 4.98 Å². The topological polar surface area (TPSA) is 102 Å². The van der Waals surface area contributed by atoms with Crippen LogP contribution in [0.25, 0.3) is 0 Å². The lowest BCUT2D eigenvalue weighted by Crippen LogP contribution is -2.49. The molecular formula is C25H28N6O4. The van der Waals surface area contributed by atoms with E-state index in [2.05, 4.69) is 20.3 Å². The van der Waals surface area contributed by atoms with Gasteiger partial charge in [0.15, 0.2) is 11.5 Å². The zero-order valence-electron chi connectivity index (χ0n) is 19.9. The van der Waals surface area contributed by atoms with Crippen molar-refractivity contribution in [2.75, 3.05) is 37.9 Å². The summed E-state index contributed by atoms with van der Waals surface area (Å²) in [7, 11) is 0. The first-order valence-electron chi connectivity index (χ1n) is 11.7. The summed E-state index contributed by atoms with van der Waals surface area (Å²) in [5.74, 6) is 1.79. The molecule has 1 aromatic carbocycles. The number of nitrogens with zero attached hydrogens (tertiary/aromatic N) is 5. The Morgan fingerprint density at radius 2 is 1.86 bits per heavy atom. The SMILES string of the molecule is CCn1nc(C)cc1C(=O)N1CCN(c2ncccc2C(=O)NCc2ccc3c(c2)OCO3)CC1. The van der Waals surface area contributed by atoms with Gasteiger partial charge in [-0.3, -0.25) is 14.3 Å². The molecule has 4 heterocycles. The summed E-state index contributed by atoms with van der Waals surface area (Å²) in [6.07, 6.45) is 1.68. The second kappa shape index (κ2) is 9.65. The van der Waals surface area contributed by atoms with Crippen molar-refractivity contribution in [3.05, 3.63) is 65.1 Å². The van der Waals surface area contributed by atoms with Crippen LogP contribution in [0.4, 0.5) is 5.82 Å². The first kappa shape index (κ1) is 22.7. The molecule has 0 aliphatic carbocycles. The number of aromatic nitrogens is 3. The fourth-order valence-electron chi connectivity index (χ4n) is 4.40. The van der Waals surface area contributed by atoms with Crippen LogP contribution in [0.1, 0.15) is 39.0 Å². The number of benzene rings is 1. The van der Waals surface area contributed by atoms with Crippen molar-refractivity contribution in [3.8, 4) is 11.5 Å². The lowest BCUT2D eigenvalue weighted by molar-refractivity contribution is 0.0733. The van der Waals surface area contributed by atoms with E-state index in [-0.39, 0.29) is 18.6 Å². The van der Waals surface area contributed by atoms with Crippen LogP contribution in [0.3, 0.4) is 0 Å². The smallest absolute Gasteiger partial charge is 0.272 e. The zero-order chi connectivity index (χ0) is 24.4. The van der Waals surface area contributed by atoms with Gasteiger partial charge in [-0.2, -0.15) is 5.10 Å². The predicted octanol–water partition coefficient (Wildman–Crippen LogP) is 2.23. The van der Waals surface area contributed by atoms with E-state index in [0.29, 0.717) is 67.8 Å². The van der Waals surface area contributed by atoms with Crippen molar-refractivity contribution in [2.45, 2.75) is 26.9 Å². The summed E-state index contributed by atoms with van der Waals surface area (Å²) in [4.78, 5) is 34.5. The van der Waals surface area contributed by atoms with E-state index in [1.54, 1.807) is 23.0 Å². The van der Waals surface area contributed by atoms with Gasteiger partial charge in [0, 0.05) is 45.5 Å². The summed E-state index contributed by atoms with van der Waals surface area (Å²) < 4.78 is 12.5. The molecule has 182 valence electrons. The van der Waals surface area contributed by atoms with Crippen LogP contribution in [0, 0.1) is 6.92 Å². The second-order valence-corrected chi connectivity index (χ2v) is 8.51. The van der Waals surface area contributed by atoms with Gasteiger partial charge in [0.25, 0.3) is 11.8 Å². The van der Waals surface area contributed by atoms with Gasteiger partial charge < -0.3 is 24.6 Å². The fraction of sp³-hybridized carbons (Fsp3) is 0.360. The second-order valence-electron chi connectivity index (χ2n) is 8.51. The number of aryl methyl sites for hydroxylation is 2. The molecule has 2 amide bonds. The third kappa shape index (κ3) is 4.64. The average molecular weight is 477 g/mol. The number of hydrogen-bond acceptors (Lipinski definition) is 7. The highest BCUT2D eigenvalue weighted by Crippen LogP contribution is 2.32. The van der Waals surface area contributed by atoms with Crippen molar-refractivity contribution in [1.82, 2.24) is 25.0 Å². The molecule has 2 aromatic heterocycles. The maximum absolute atomic E-state index is 13.1. The number of amides is 2. The molecule has 35 heavy (non-hydrogen) atoms. The monoisotopic (exact) mass is 476 g/mol. The van der Waals surface area contributed by atoms with Crippen molar-refractivity contribution in [3.63, 3.8) is 0 Å². The number of ether oxygens (including phenoxy) is 2. The minimum atomic E-state index is -0.202. The molecule has 10 heteroatoms. The Labute approximate surface area is 203 Å². The van der Waals surface area contributed by atoms with E-state index in [1.807, 2.05) is 43.0 Å². The molecule has 0 spiro atoms. The summed E-state index contributed by atoms with van der Waals surface area (Å²) in [5.41, 5.74) is 2.87. The van der Waals surface area contributed by atoms with Gasteiger partial charge >= 0.3 is 0 Å². The molecule has 0 saturated carbocycles. The van der Waals surface area contributed by atoms with Gasteiger partial charge in [-0.1, -0.05) is 6.07 Å². The Bertz CT molecular complexity index is 1250. The molecule has 0 radical (unpaired) electrons. The molecule has 10 nitrogen and oxygen atoms in total. The lowest BCUT2D eigenvalue weighted by Gasteiger charge is -2.36. The van der Waals surface area contributed by atoms with E-state index >= 15 is 0 Å². The minimum absolute atomic E-state index is 0.0187. The van der Waals surface area contributed by atoms with Crippen LogP contribution < -0.4 is 19.7 Å². The molecule has 0 unspecified atom stereocenters. The van der Waals surface area contributed by atoms with Crippen molar-refractivity contribution in [1.29, 1.82) is 0 Å². The van der Waals surface area contributed by atoms with Gasteiger partial charge in [-0.05, 0) is 49.7 Å². The van der Waals surface area contributed by atoms with Gasteiger partial charge in [-0.15, -0.1) is 0 Å². The van der Waals surface area contributed by atoms with Crippen molar-refractivity contribution < 1.29 is 19.1 Å².